The average Bonchev–Trinajstić information content (AvgIpc) is 2.60. The summed E-state index contributed by atoms with van der Waals surface area (Å²) in [6.45, 7) is -0.887. The highest BCUT2D eigenvalue weighted by Gasteiger charge is 2.35. The number of hydrogen-bond donors (Lipinski definition) is 1. The molecular weight excluding hydrogens is 393 g/mol. The van der Waals surface area contributed by atoms with E-state index in [0.29, 0.717) is 6.07 Å². The van der Waals surface area contributed by atoms with Gasteiger partial charge in [-0.15, -0.1) is 0 Å². The predicted octanol–water partition coefficient (Wildman–Crippen LogP) is 4.06. The summed E-state index contributed by atoms with van der Waals surface area (Å²) in [6.07, 6.45) is -4.76. The quantitative estimate of drug-likeness (QED) is 0.462. The summed E-state index contributed by atoms with van der Waals surface area (Å²) in [5, 5.41) is 12.9. The summed E-state index contributed by atoms with van der Waals surface area (Å²) < 4.78 is 43.2. The first kappa shape index (κ1) is 20.2. The molecule has 0 aliphatic carbocycles. The van der Waals surface area contributed by atoms with Crippen molar-refractivity contribution in [3.63, 3.8) is 0 Å². The highest BCUT2D eigenvalue weighted by molar-refractivity contribution is 6.32. The van der Waals surface area contributed by atoms with Crippen LogP contribution in [0, 0.1) is 10.1 Å². The molecule has 2 aromatic carbocycles. The lowest BCUT2D eigenvalue weighted by Gasteiger charge is -2.12. The lowest BCUT2D eigenvalue weighted by Crippen LogP contribution is -2.22. The zero-order valence-corrected chi connectivity index (χ0v) is 14.0. The zero-order chi connectivity index (χ0) is 20.2. The summed E-state index contributed by atoms with van der Waals surface area (Å²) in [4.78, 5) is 33.7. The number of nitrogens with zero attached hydrogens (tertiary/aromatic N) is 1. The van der Waals surface area contributed by atoms with E-state index in [-0.39, 0.29) is 10.7 Å². The van der Waals surface area contributed by atoms with Crippen molar-refractivity contribution in [3.05, 3.63) is 68.7 Å². The number of hydrogen-bond acceptors (Lipinski definition) is 5. The number of carbonyl (C=O) groups is 2. The Labute approximate surface area is 154 Å². The molecule has 11 heteroatoms. The van der Waals surface area contributed by atoms with Crippen LogP contribution in [0.1, 0.15) is 15.9 Å². The molecule has 0 aliphatic heterocycles. The molecule has 0 fully saturated rings. The Bertz CT molecular complexity index is 902. The van der Waals surface area contributed by atoms with Gasteiger partial charge in [0.05, 0.1) is 16.1 Å². The van der Waals surface area contributed by atoms with Gasteiger partial charge < -0.3 is 10.1 Å². The number of nitro groups is 1. The van der Waals surface area contributed by atoms with E-state index in [1.807, 2.05) is 0 Å². The minimum Gasteiger partial charge on any atom is -0.452 e. The van der Waals surface area contributed by atoms with Crippen LogP contribution < -0.4 is 5.32 Å². The molecule has 0 bridgehead atoms. The van der Waals surface area contributed by atoms with Gasteiger partial charge in [0.25, 0.3) is 11.6 Å². The molecule has 1 N–H and O–H groups in total. The molecule has 0 aliphatic rings. The van der Waals surface area contributed by atoms with Gasteiger partial charge in [-0.1, -0.05) is 23.7 Å². The first-order chi connectivity index (χ1) is 12.6. The van der Waals surface area contributed by atoms with Gasteiger partial charge >= 0.3 is 12.1 Å². The van der Waals surface area contributed by atoms with E-state index in [1.54, 1.807) is 0 Å². The highest BCUT2D eigenvalue weighted by Crippen LogP contribution is 2.32. The van der Waals surface area contributed by atoms with Crippen LogP contribution in [0.4, 0.5) is 24.5 Å². The van der Waals surface area contributed by atoms with Gasteiger partial charge in [0.1, 0.15) is 5.02 Å². The number of carbonyl (C=O) groups excluding carboxylic acids is 2. The van der Waals surface area contributed by atoms with E-state index in [4.69, 9.17) is 11.6 Å². The van der Waals surface area contributed by atoms with Crippen LogP contribution >= 0.6 is 11.6 Å². The molecule has 0 unspecified atom stereocenters. The molecule has 2 aromatic rings. The van der Waals surface area contributed by atoms with Gasteiger partial charge in [0.2, 0.25) is 0 Å². The number of nitro benzene ring substituents is 1. The van der Waals surface area contributed by atoms with Gasteiger partial charge in [0.15, 0.2) is 6.61 Å². The Morgan fingerprint density at radius 1 is 1.19 bits per heavy atom. The second kappa shape index (κ2) is 8.04. The third kappa shape index (κ3) is 5.17. The fourth-order valence-corrected chi connectivity index (χ4v) is 2.23. The molecular formula is C16H10ClF3N2O5. The maximum Gasteiger partial charge on any atom is 0.417 e. The third-order valence-electron chi connectivity index (χ3n) is 3.21. The van der Waals surface area contributed by atoms with Crippen molar-refractivity contribution in [3.8, 4) is 0 Å². The minimum absolute atomic E-state index is 0.00263. The van der Waals surface area contributed by atoms with Gasteiger partial charge in [0, 0.05) is 11.8 Å². The Morgan fingerprint density at radius 3 is 2.48 bits per heavy atom. The number of ether oxygens (including phenoxy) is 1. The molecule has 0 atom stereocenters. The number of nitrogens with one attached hydrogen (secondary N) is 1. The van der Waals surface area contributed by atoms with Gasteiger partial charge in [-0.2, -0.15) is 13.2 Å². The van der Waals surface area contributed by atoms with Crippen molar-refractivity contribution in [1.82, 2.24) is 0 Å². The second-order valence-electron chi connectivity index (χ2n) is 5.09. The van der Waals surface area contributed by atoms with E-state index in [2.05, 4.69) is 10.1 Å². The zero-order valence-electron chi connectivity index (χ0n) is 13.2. The number of rotatable bonds is 5. The molecule has 7 nitrogen and oxygen atoms in total. The van der Waals surface area contributed by atoms with Crippen LogP contribution in [0.25, 0.3) is 0 Å². The molecule has 142 valence electrons. The molecule has 0 spiro atoms. The lowest BCUT2D eigenvalue weighted by atomic mass is 10.1. The normalized spacial score (nSPS) is 11.0. The number of amides is 1. The Morgan fingerprint density at radius 2 is 1.85 bits per heavy atom. The first-order valence-electron chi connectivity index (χ1n) is 7.16. The van der Waals surface area contributed by atoms with E-state index >= 15 is 0 Å². The van der Waals surface area contributed by atoms with Crippen molar-refractivity contribution < 1.29 is 32.4 Å². The SMILES string of the molecule is O=C(COC(=O)c1ccccc1C(F)(F)F)Nc1ccc(Cl)c([N+](=O)[O-])c1. The van der Waals surface area contributed by atoms with Gasteiger partial charge in [-0.3, -0.25) is 14.9 Å². The fourth-order valence-electron chi connectivity index (χ4n) is 2.04. The van der Waals surface area contributed by atoms with E-state index < -0.39 is 46.4 Å². The van der Waals surface area contributed by atoms with Crippen molar-refractivity contribution in [2.24, 2.45) is 0 Å². The maximum atomic E-state index is 12.9. The average molecular weight is 403 g/mol. The molecule has 0 heterocycles. The van der Waals surface area contributed by atoms with Crippen molar-refractivity contribution in [2.75, 3.05) is 11.9 Å². The van der Waals surface area contributed by atoms with Crippen LogP contribution in [-0.2, 0) is 15.7 Å². The van der Waals surface area contributed by atoms with Crippen LogP contribution in [-0.4, -0.2) is 23.4 Å². The maximum absolute atomic E-state index is 12.9. The second-order valence-corrected chi connectivity index (χ2v) is 5.50. The minimum atomic E-state index is -4.76. The van der Waals surface area contributed by atoms with Crippen LogP contribution in [0.5, 0.6) is 0 Å². The van der Waals surface area contributed by atoms with E-state index in [0.717, 1.165) is 18.2 Å². The van der Waals surface area contributed by atoms with Crippen LogP contribution in [0.3, 0.4) is 0 Å². The number of esters is 1. The van der Waals surface area contributed by atoms with E-state index in [1.165, 1.54) is 18.2 Å². The van der Waals surface area contributed by atoms with E-state index in [9.17, 15) is 32.9 Å². The summed E-state index contributed by atoms with van der Waals surface area (Å²) in [5.74, 6) is -2.23. The molecule has 0 radical (unpaired) electrons. The molecule has 0 saturated heterocycles. The molecule has 2 rings (SSSR count). The van der Waals surface area contributed by atoms with Crippen LogP contribution in [0.15, 0.2) is 42.5 Å². The van der Waals surface area contributed by atoms with Gasteiger partial charge in [-0.25, -0.2) is 4.79 Å². The Kier molecular flexibility index (Phi) is 6.01. The third-order valence-corrected chi connectivity index (χ3v) is 3.53. The summed E-state index contributed by atoms with van der Waals surface area (Å²) in [7, 11) is 0. The van der Waals surface area contributed by atoms with Crippen molar-refractivity contribution >= 4 is 34.9 Å². The summed E-state index contributed by atoms with van der Waals surface area (Å²) in [5.41, 5.74) is -2.38. The highest BCUT2D eigenvalue weighted by atomic mass is 35.5. The lowest BCUT2D eigenvalue weighted by molar-refractivity contribution is -0.384. The number of benzene rings is 2. The van der Waals surface area contributed by atoms with Crippen molar-refractivity contribution in [2.45, 2.75) is 6.18 Å². The molecule has 1 amide bonds. The smallest absolute Gasteiger partial charge is 0.417 e. The molecule has 0 saturated carbocycles. The predicted molar refractivity (Wildman–Crippen MR) is 88.5 cm³/mol. The topological polar surface area (TPSA) is 98.5 Å². The summed E-state index contributed by atoms with van der Waals surface area (Å²) in [6, 6.07) is 7.41. The number of halogens is 4. The van der Waals surface area contributed by atoms with Crippen molar-refractivity contribution in [1.29, 1.82) is 0 Å². The monoisotopic (exact) mass is 402 g/mol. The summed E-state index contributed by atoms with van der Waals surface area (Å²) >= 11 is 5.63. The largest absolute Gasteiger partial charge is 0.452 e. The molecule has 27 heavy (non-hydrogen) atoms. The van der Waals surface area contributed by atoms with Gasteiger partial charge in [-0.05, 0) is 24.3 Å². The Hall–Kier alpha value is -3.14. The standard InChI is InChI=1S/C16H10ClF3N2O5/c17-12-6-5-9(7-13(12)22(25)26)21-14(23)8-27-15(24)10-3-1-2-4-11(10)16(18,19)20/h1-7H,8H2,(H,21,23). The van der Waals surface area contributed by atoms with Crippen LogP contribution in [0.2, 0.25) is 5.02 Å². The first-order valence-corrected chi connectivity index (χ1v) is 7.54. The number of alkyl halides is 3. The fraction of sp³-hybridized carbons (Fsp3) is 0.125. The Balaban J connectivity index is 2.04. The molecule has 0 aromatic heterocycles. The number of anilines is 1.